The van der Waals surface area contributed by atoms with Gasteiger partial charge in [-0.1, -0.05) is 23.2 Å². The highest BCUT2D eigenvalue weighted by atomic mass is 35.5. The lowest BCUT2D eigenvalue weighted by Gasteiger charge is -2.11. The molecule has 1 aliphatic rings. The van der Waals surface area contributed by atoms with Crippen LogP contribution >= 0.6 is 23.2 Å². The number of hydrogen-bond donors (Lipinski definition) is 2. The van der Waals surface area contributed by atoms with Crippen molar-refractivity contribution in [2.75, 3.05) is 6.54 Å². The van der Waals surface area contributed by atoms with Gasteiger partial charge in [-0.15, -0.1) is 0 Å². The van der Waals surface area contributed by atoms with Gasteiger partial charge in [0, 0.05) is 12.7 Å². The number of nitrogens with zero attached hydrogens (tertiary/aromatic N) is 1. The van der Waals surface area contributed by atoms with Crippen molar-refractivity contribution in [3.8, 4) is 0 Å². The van der Waals surface area contributed by atoms with Crippen molar-refractivity contribution in [1.29, 1.82) is 0 Å². The number of carbonyl (C=O) groups excluding carboxylic acids is 1. The van der Waals surface area contributed by atoms with Crippen molar-refractivity contribution >= 4 is 29.1 Å². The summed E-state index contributed by atoms with van der Waals surface area (Å²) in [6, 6.07) is 1.41. The number of rotatable bonds is 4. The van der Waals surface area contributed by atoms with Crippen molar-refractivity contribution < 1.29 is 9.90 Å². The number of halogens is 2. The van der Waals surface area contributed by atoms with Crippen LogP contribution in [0.3, 0.4) is 0 Å². The molecule has 17 heavy (non-hydrogen) atoms. The Labute approximate surface area is 109 Å². The molecule has 1 saturated carbocycles. The Hall–Kier alpha value is -0.840. The number of hydrogen-bond acceptors (Lipinski definition) is 3. The fraction of sp³-hybridized carbons (Fsp3) is 0.455. The lowest BCUT2D eigenvalue weighted by atomic mass is 10.2. The standard InChI is InChI=1S/C11H12Cl2N2O2/c12-8-4-14-10(13)3-7(8)11(17)15-5-9(16)6-1-2-6/h3-4,6,9,16H,1-2,5H2,(H,15,17). The molecule has 0 saturated heterocycles. The van der Waals surface area contributed by atoms with E-state index < -0.39 is 6.10 Å². The summed E-state index contributed by atoms with van der Waals surface area (Å²) >= 11 is 11.5. The van der Waals surface area contributed by atoms with Gasteiger partial charge >= 0.3 is 0 Å². The van der Waals surface area contributed by atoms with Crippen LogP contribution in [0.5, 0.6) is 0 Å². The summed E-state index contributed by atoms with van der Waals surface area (Å²) in [5.74, 6) is -0.0224. The van der Waals surface area contributed by atoms with E-state index in [1.54, 1.807) is 0 Å². The monoisotopic (exact) mass is 274 g/mol. The molecule has 0 spiro atoms. The Kier molecular flexibility index (Phi) is 3.86. The Morgan fingerprint density at radius 3 is 2.94 bits per heavy atom. The van der Waals surface area contributed by atoms with Crippen molar-refractivity contribution in [3.05, 3.63) is 28.0 Å². The maximum absolute atomic E-state index is 11.8. The topological polar surface area (TPSA) is 62.2 Å². The summed E-state index contributed by atoms with van der Waals surface area (Å²) in [6.07, 6.45) is 2.91. The van der Waals surface area contributed by atoms with Crippen molar-refractivity contribution in [3.63, 3.8) is 0 Å². The predicted octanol–water partition coefficient (Wildman–Crippen LogP) is 1.89. The molecule has 1 unspecified atom stereocenters. The summed E-state index contributed by atoms with van der Waals surface area (Å²) in [7, 11) is 0. The van der Waals surface area contributed by atoms with E-state index in [0.717, 1.165) is 12.8 Å². The van der Waals surface area contributed by atoms with Gasteiger partial charge in [0.1, 0.15) is 5.15 Å². The first-order valence-corrected chi connectivity index (χ1v) is 6.11. The third-order valence-electron chi connectivity index (χ3n) is 2.70. The van der Waals surface area contributed by atoms with Gasteiger partial charge in [-0.05, 0) is 24.8 Å². The predicted molar refractivity (Wildman–Crippen MR) is 65.3 cm³/mol. The smallest absolute Gasteiger partial charge is 0.253 e. The van der Waals surface area contributed by atoms with Crippen molar-refractivity contribution in [1.82, 2.24) is 10.3 Å². The van der Waals surface area contributed by atoms with E-state index in [2.05, 4.69) is 10.3 Å². The van der Waals surface area contributed by atoms with Crippen molar-refractivity contribution in [2.45, 2.75) is 18.9 Å². The van der Waals surface area contributed by atoms with Gasteiger partial charge in [-0.2, -0.15) is 0 Å². The average molecular weight is 275 g/mol. The molecule has 0 aliphatic heterocycles. The summed E-state index contributed by atoms with van der Waals surface area (Å²) in [5.41, 5.74) is 0.273. The molecule has 0 bridgehead atoms. The lowest BCUT2D eigenvalue weighted by molar-refractivity contribution is 0.0901. The van der Waals surface area contributed by atoms with Crippen LogP contribution in [0, 0.1) is 5.92 Å². The molecule has 1 aliphatic carbocycles. The molecule has 2 N–H and O–H groups in total. The number of carbonyl (C=O) groups is 1. The van der Waals surface area contributed by atoms with Gasteiger partial charge in [0.2, 0.25) is 0 Å². The second-order valence-electron chi connectivity index (χ2n) is 4.10. The molecule has 1 atom stereocenters. The van der Waals surface area contributed by atoms with Crippen LogP contribution in [0.15, 0.2) is 12.3 Å². The van der Waals surface area contributed by atoms with Crippen LogP contribution in [0.2, 0.25) is 10.2 Å². The summed E-state index contributed by atoms with van der Waals surface area (Å²) < 4.78 is 0. The second kappa shape index (κ2) is 5.21. The van der Waals surface area contributed by atoms with Crippen LogP contribution in [-0.2, 0) is 0 Å². The third kappa shape index (κ3) is 3.31. The van der Waals surface area contributed by atoms with E-state index in [-0.39, 0.29) is 28.2 Å². The first-order chi connectivity index (χ1) is 8.08. The zero-order valence-corrected chi connectivity index (χ0v) is 10.5. The number of aliphatic hydroxyl groups excluding tert-OH is 1. The van der Waals surface area contributed by atoms with Gasteiger partial charge in [0.25, 0.3) is 5.91 Å². The van der Waals surface area contributed by atoms with Crippen LogP contribution in [-0.4, -0.2) is 28.6 Å². The number of aromatic nitrogens is 1. The highest BCUT2D eigenvalue weighted by Crippen LogP contribution is 2.32. The second-order valence-corrected chi connectivity index (χ2v) is 4.90. The molecule has 1 amide bonds. The average Bonchev–Trinajstić information content (AvgIpc) is 3.12. The molecule has 1 aromatic heterocycles. The fourth-order valence-corrected chi connectivity index (χ4v) is 1.87. The Morgan fingerprint density at radius 1 is 1.59 bits per heavy atom. The Balaban J connectivity index is 1.96. The first kappa shape index (κ1) is 12.6. The zero-order valence-electron chi connectivity index (χ0n) is 8.99. The SMILES string of the molecule is O=C(NCC(O)C1CC1)c1cc(Cl)ncc1Cl. The lowest BCUT2D eigenvalue weighted by Crippen LogP contribution is -2.33. The maximum atomic E-state index is 11.8. The number of amides is 1. The number of aliphatic hydroxyl groups is 1. The van der Waals surface area contributed by atoms with Crippen LogP contribution < -0.4 is 5.32 Å². The maximum Gasteiger partial charge on any atom is 0.253 e. The molecule has 1 heterocycles. The summed E-state index contributed by atoms with van der Waals surface area (Å²) in [6.45, 7) is 0.236. The molecule has 0 aromatic carbocycles. The largest absolute Gasteiger partial charge is 0.391 e. The first-order valence-electron chi connectivity index (χ1n) is 5.35. The normalized spacial score (nSPS) is 16.6. The van der Waals surface area contributed by atoms with E-state index in [4.69, 9.17) is 23.2 Å². The Morgan fingerprint density at radius 2 is 2.29 bits per heavy atom. The Bertz CT molecular complexity index is 435. The van der Waals surface area contributed by atoms with Crippen LogP contribution in [0.1, 0.15) is 23.2 Å². The number of nitrogens with one attached hydrogen (secondary N) is 1. The van der Waals surface area contributed by atoms with E-state index >= 15 is 0 Å². The van der Waals surface area contributed by atoms with E-state index in [9.17, 15) is 9.90 Å². The molecule has 0 radical (unpaired) electrons. The van der Waals surface area contributed by atoms with E-state index in [0.29, 0.717) is 5.92 Å². The number of pyridine rings is 1. The molecule has 1 fully saturated rings. The third-order valence-corrected chi connectivity index (χ3v) is 3.21. The van der Waals surface area contributed by atoms with Gasteiger partial charge in [0.05, 0.1) is 16.7 Å². The molecule has 92 valence electrons. The molecular weight excluding hydrogens is 263 g/mol. The van der Waals surface area contributed by atoms with Gasteiger partial charge in [-0.25, -0.2) is 4.98 Å². The van der Waals surface area contributed by atoms with Gasteiger partial charge in [-0.3, -0.25) is 4.79 Å². The fourth-order valence-electron chi connectivity index (χ4n) is 1.53. The highest BCUT2D eigenvalue weighted by molar-refractivity contribution is 6.35. The molecule has 6 heteroatoms. The zero-order chi connectivity index (χ0) is 12.4. The van der Waals surface area contributed by atoms with Crippen molar-refractivity contribution in [2.24, 2.45) is 5.92 Å². The van der Waals surface area contributed by atoms with Gasteiger partial charge in [0.15, 0.2) is 0 Å². The quantitative estimate of drug-likeness (QED) is 0.825. The molecule has 2 rings (SSSR count). The highest BCUT2D eigenvalue weighted by Gasteiger charge is 2.29. The van der Waals surface area contributed by atoms with Crippen LogP contribution in [0.25, 0.3) is 0 Å². The summed E-state index contributed by atoms with van der Waals surface area (Å²) in [5, 5.41) is 12.7. The minimum absolute atomic E-state index is 0.210. The minimum Gasteiger partial charge on any atom is -0.391 e. The van der Waals surface area contributed by atoms with E-state index in [1.807, 2.05) is 0 Å². The van der Waals surface area contributed by atoms with E-state index in [1.165, 1.54) is 12.3 Å². The van der Waals surface area contributed by atoms with Gasteiger partial charge < -0.3 is 10.4 Å². The molecular formula is C11H12Cl2N2O2. The minimum atomic E-state index is -0.477. The summed E-state index contributed by atoms with van der Waals surface area (Å²) in [4.78, 5) is 15.5. The molecule has 4 nitrogen and oxygen atoms in total. The van der Waals surface area contributed by atoms with Crippen LogP contribution in [0.4, 0.5) is 0 Å². The molecule has 1 aromatic rings.